The van der Waals surface area contributed by atoms with Crippen molar-refractivity contribution >= 4 is 0 Å². The lowest BCUT2D eigenvalue weighted by Crippen LogP contribution is -2.50. The second-order valence-electron chi connectivity index (χ2n) is 5.56. The summed E-state index contributed by atoms with van der Waals surface area (Å²) in [5.41, 5.74) is 1.18. The van der Waals surface area contributed by atoms with E-state index in [0.29, 0.717) is 12.1 Å². The first kappa shape index (κ1) is 14.5. The fraction of sp³-hybridized carbons (Fsp3) is 0.625. The standard InChI is InChI=1S/C16H25FN2/c1-3-18-15-6-4-5-7-16(15)19(2)12-13-8-10-14(17)11-9-13/h8-11,15-16,18H,3-7,12H2,1-2H3. The lowest BCUT2D eigenvalue weighted by Gasteiger charge is -2.38. The molecule has 1 aliphatic carbocycles. The number of rotatable bonds is 5. The summed E-state index contributed by atoms with van der Waals surface area (Å²) in [6.07, 6.45) is 5.18. The number of likely N-dealkylation sites (N-methyl/N-ethyl adjacent to an activating group) is 2. The molecule has 1 aromatic rings. The molecule has 0 radical (unpaired) electrons. The monoisotopic (exact) mass is 264 g/mol. The lowest BCUT2D eigenvalue weighted by atomic mass is 9.89. The molecule has 0 saturated heterocycles. The maximum absolute atomic E-state index is 12.9. The van der Waals surface area contributed by atoms with E-state index in [4.69, 9.17) is 0 Å². The third-order valence-corrected chi connectivity index (χ3v) is 4.11. The highest BCUT2D eigenvalue weighted by molar-refractivity contribution is 5.16. The van der Waals surface area contributed by atoms with Crippen molar-refractivity contribution < 1.29 is 4.39 Å². The first-order valence-corrected chi connectivity index (χ1v) is 7.38. The minimum atomic E-state index is -0.158. The Kier molecular flexibility index (Phi) is 5.34. The molecule has 1 aromatic carbocycles. The smallest absolute Gasteiger partial charge is 0.123 e. The van der Waals surface area contributed by atoms with Gasteiger partial charge in [-0.1, -0.05) is 31.9 Å². The second-order valence-corrected chi connectivity index (χ2v) is 5.56. The van der Waals surface area contributed by atoms with E-state index in [1.807, 2.05) is 12.1 Å². The van der Waals surface area contributed by atoms with Gasteiger partial charge < -0.3 is 5.32 Å². The van der Waals surface area contributed by atoms with Crippen molar-refractivity contribution in [3.63, 3.8) is 0 Å². The molecule has 2 nitrogen and oxygen atoms in total. The molecule has 106 valence electrons. The molecule has 1 aliphatic rings. The maximum Gasteiger partial charge on any atom is 0.123 e. The van der Waals surface area contributed by atoms with Gasteiger partial charge in [0.25, 0.3) is 0 Å². The molecular weight excluding hydrogens is 239 g/mol. The summed E-state index contributed by atoms with van der Waals surface area (Å²) in [5.74, 6) is -0.158. The van der Waals surface area contributed by atoms with E-state index in [-0.39, 0.29) is 5.82 Å². The molecular formula is C16H25FN2. The van der Waals surface area contributed by atoms with E-state index in [1.54, 1.807) is 12.1 Å². The first-order chi connectivity index (χ1) is 9.20. The van der Waals surface area contributed by atoms with Crippen LogP contribution in [0, 0.1) is 5.82 Å². The topological polar surface area (TPSA) is 15.3 Å². The Balaban J connectivity index is 1.96. The van der Waals surface area contributed by atoms with Crippen molar-refractivity contribution in [2.75, 3.05) is 13.6 Å². The highest BCUT2D eigenvalue weighted by Crippen LogP contribution is 2.23. The zero-order chi connectivity index (χ0) is 13.7. The molecule has 2 atom stereocenters. The largest absolute Gasteiger partial charge is 0.313 e. The molecule has 1 saturated carbocycles. The highest BCUT2D eigenvalue weighted by Gasteiger charge is 2.27. The van der Waals surface area contributed by atoms with Crippen LogP contribution in [0.4, 0.5) is 4.39 Å². The number of nitrogens with one attached hydrogen (secondary N) is 1. The molecule has 0 aromatic heterocycles. The van der Waals surface area contributed by atoms with Gasteiger partial charge in [-0.25, -0.2) is 4.39 Å². The van der Waals surface area contributed by atoms with Crippen molar-refractivity contribution in [2.45, 2.75) is 51.2 Å². The van der Waals surface area contributed by atoms with E-state index in [1.165, 1.54) is 31.2 Å². The van der Waals surface area contributed by atoms with Crippen LogP contribution in [0.25, 0.3) is 0 Å². The minimum absolute atomic E-state index is 0.158. The van der Waals surface area contributed by atoms with Gasteiger partial charge >= 0.3 is 0 Å². The van der Waals surface area contributed by atoms with Gasteiger partial charge in [-0.05, 0) is 44.1 Å². The molecule has 0 heterocycles. The predicted molar refractivity (Wildman–Crippen MR) is 77.6 cm³/mol. The van der Waals surface area contributed by atoms with Crippen molar-refractivity contribution in [3.05, 3.63) is 35.6 Å². The van der Waals surface area contributed by atoms with E-state index >= 15 is 0 Å². The van der Waals surface area contributed by atoms with Crippen molar-refractivity contribution in [2.24, 2.45) is 0 Å². The van der Waals surface area contributed by atoms with Crippen LogP contribution in [-0.2, 0) is 6.54 Å². The number of nitrogens with zero attached hydrogens (tertiary/aromatic N) is 1. The van der Waals surface area contributed by atoms with E-state index in [9.17, 15) is 4.39 Å². The number of benzene rings is 1. The SMILES string of the molecule is CCNC1CCCCC1N(C)Cc1ccc(F)cc1. The Labute approximate surface area is 116 Å². The summed E-state index contributed by atoms with van der Waals surface area (Å²) < 4.78 is 12.9. The van der Waals surface area contributed by atoms with Crippen LogP contribution in [0.1, 0.15) is 38.2 Å². The van der Waals surface area contributed by atoms with Crippen molar-refractivity contribution in [3.8, 4) is 0 Å². The molecule has 0 aliphatic heterocycles. The van der Waals surface area contributed by atoms with Gasteiger partial charge in [-0.3, -0.25) is 4.90 Å². The zero-order valence-corrected chi connectivity index (χ0v) is 12.0. The number of halogens is 1. The Morgan fingerprint density at radius 2 is 1.89 bits per heavy atom. The normalized spacial score (nSPS) is 23.8. The Morgan fingerprint density at radius 1 is 1.21 bits per heavy atom. The van der Waals surface area contributed by atoms with Gasteiger partial charge in [-0.15, -0.1) is 0 Å². The van der Waals surface area contributed by atoms with Crippen molar-refractivity contribution in [1.82, 2.24) is 10.2 Å². The summed E-state index contributed by atoms with van der Waals surface area (Å²) in [6.45, 7) is 4.10. The Bertz CT molecular complexity index is 375. The fourth-order valence-corrected chi connectivity index (χ4v) is 3.13. The van der Waals surface area contributed by atoms with Gasteiger partial charge in [-0.2, -0.15) is 0 Å². The van der Waals surface area contributed by atoms with Gasteiger partial charge in [0, 0.05) is 18.6 Å². The average molecular weight is 264 g/mol. The quantitative estimate of drug-likeness (QED) is 0.878. The molecule has 1 N–H and O–H groups in total. The summed E-state index contributed by atoms with van der Waals surface area (Å²) in [6, 6.07) is 8.06. The summed E-state index contributed by atoms with van der Waals surface area (Å²) >= 11 is 0. The minimum Gasteiger partial charge on any atom is -0.313 e. The van der Waals surface area contributed by atoms with Crippen LogP contribution in [0.2, 0.25) is 0 Å². The van der Waals surface area contributed by atoms with Gasteiger partial charge in [0.05, 0.1) is 0 Å². The summed E-state index contributed by atoms with van der Waals surface area (Å²) in [4.78, 5) is 2.42. The number of hydrogen-bond donors (Lipinski definition) is 1. The van der Waals surface area contributed by atoms with Crippen LogP contribution in [0.15, 0.2) is 24.3 Å². The third kappa shape index (κ3) is 4.02. The Hall–Kier alpha value is -0.930. The first-order valence-electron chi connectivity index (χ1n) is 7.38. The molecule has 19 heavy (non-hydrogen) atoms. The van der Waals surface area contributed by atoms with Crippen molar-refractivity contribution in [1.29, 1.82) is 0 Å². The van der Waals surface area contributed by atoms with Gasteiger partial charge in [0.15, 0.2) is 0 Å². The second kappa shape index (κ2) is 7.01. The van der Waals surface area contributed by atoms with E-state index < -0.39 is 0 Å². The van der Waals surface area contributed by atoms with E-state index in [2.05, 4.69) is 24.2 Å². The summed E-state index contributed by atoms with van der Waals surface area (Å²) in [5, 5.41) is 3.61. The average Bonchev–Trinajstić information content (AvgIpc) is 2.42. The summed E-state index contributed by atoms with van der Waals surface area (Å²) in [7, 11) is 2.18. The maximum atomic E-state index is 12.9. The molecule has 1 fully saturated rings. The van der Waals surface area contributed by atoms with Crippen LogP contribution >= 0.6 is 0 Å². The van der Waals surface area contributed by atoms with Gasteiger partial charge in [0.2, 0.25) is 0 Å². The van der Waals surface area contributed by atoms with Crippen LogP contribution in [0.3, 0.4) is 0 Å². The fourth-order valence-electron chi connectivity index (χ4n) is 3.13. The van der Waals surface area contributed by atoms with Crippen LogP contribution < -0.4 is 5.32 Å². The van der Waals surface area contributed by atoms with Crippen LogP contribution in [-0.4, -0.2) is 30.6 Å². The molecule has 0 amide bonds. The molecule has 0 spiro atoms. The highest BCUT2D eigenvalue weighted by atomic mass is 19.1. The third-order valence-electron chi connectivity index (χ3n) is 4.11. The van der Waals surface area contributed by atoms with E-state index in [0.717, 1.165) is 13.1 Å². The molecule has 3 heteroatoms. The predicted octanol–water partition coefficient (Wildman–Crippen LogP) is 3.18. The van der Waals surface area contributed by atoms with Gasteiger partial charge in [0.1, 0.15) is 5.82 Å². The molecule has 2 unspecified atom stereocenters. The van der Waals surface area contributed by atoms with Crippen LogP contribution in [0.5, 0.6) is 0 Å². The number of hydrogen-bond acceptors (Lipinski definition) is 2. The lowest BCUT2D eigenvalue weighted by molar-refractivity contribution is 0.144. The molecule has 2 rings (SSSR count). The Morgan fingerprint density at radius 3 is 2.58 bits per heavy atom. The zero-order valence-electron chi connectivity index (χ0n) is 12.0. The molecule has 0 bridgehead atoms.